The molecule has 2 aromatic heterocycles. The maximum atomic E-state index is 14.0. The molecule has 0 aliphatic carbocycles. The number of ether oxygens (including phenoxy) is 1. The maximum absolute atomic E-state index is 14.0. The predicted octanol–water partition coefficient (Wildman–Crippen LogP) is 0.987. The van der Waals surface area contributed by atoms with Crippen molar-refractivity contribution < 1.29 is 23.8 Å². The Hall–Kier alpha value is -3.67. The van der Waals surface area contributed by atoms with Crippen LogP contribution in [0.5, 0.6) is 0 Å². The molecule has 1 aliphatic rings. The van der Waals surface area contributed by atoms with Crippen molar-refractivity contribution in [1.82, 2.24) is 14.8 Å². The lowest BCUT2D eigenvalue weighted by Gasteiger charge is -2.37. The summed E-state index contributed by atoms with van der Waals surface area (Å²) in [5.74, 6) is -1.77. The average molecular weight is 454 g/mol. The fraction of sp³-hybridized carbons (Fsp3) is 0.273. The number of carbonyl (C=O) groups is 2. The second kappa shape index (κ2) is 9.06. The molecule has 0 saturated carbocycles. The largest absolute Gasteiger partial charge is 0.377 e. The zero-order valence-corrected chi connectivity index (χ0v) is 17.8. The number of hydrogen-bond acceptors (Lipinski definition) is 7. The van der Waals surface area contributed by atoms with E-state index in [0.717, 1.165) is 11.8 Å². The van der Waals surface area contributed by atoms with E-state index >= 15 is 0 Å². The Kier molecular flexibility index (Phi) is 6.18. The molecule has 1 fully saturated rings. The highest BCUT2D eigenvalue weighted by molar-refractivity contribution is 6.05. The topological polar surface area (TPSA) is 136 Å². The molecule has 2 amide bonds. The van der Waals surface area contributed by atoms with Crippen molar-refractivity contribution in [2.24, 2.45) is 5.73 Å². The van der Waals surface area contributed by atoms with E-state index in [1.165, 1.54) is 24.0 Å². The van der Waals surface area contributed by atoms with Crippen molar-refractivity contribution in [3.8, 4) is 5.69 Å². The molecule has 1 saturated heterocycles. The van der Waals surface area contributed by atoms with E-state index in [-0.39, 0.29) is 30.9 Å². The van der Waals surface area contributed by atoms with Crippen molar-refractivity contribution >= 4 is 23.3 Å². The third kappa shape index (κ3) is 4.46. The molecule has 1 unspecified atom stereocenters. The highest BCUT2D eigenvalue weighted by Gasteiger charge is 2.48. The standard InChI is InChI=1S/C22H23FN6O4/c1-22(32,21(31)26-15-3-2-14(13-24)17(23)12-15)19-20(30)28(10-11-33-19)18-6-9-29(27-18)16-4-7-25-8-5-16/h2-9,12,19,32H,10-11,13,24H2,1H3,(H,26,31)/t19-,22?/m0/s1. The Morgan fingerprint density at radius 2 is 2.09 bits per heavy atom. The predicted molar refractivity (Wildman–Crippen MR) is 117 cm³/mol. The highest BCUT2D eigenvalue weighted by atomic mass is 19.1. The SMILES string of the molecule is CC(O)(C(=O)Nc1ccc(CN)c(F)c1)[C@H]1OCCN(c2ccn(-c3ccncc3)n2)C1=O. The van der Waals surface area contributed by atoms with E-state index in [0.29, 0.717) is 5.82 Å². The number of benzene rings is 1. The van der Waals surface area contributed by atoms with Gasteiger partial charge in [-0.1, -0.05) is 6.07 Å². The summed E-state index contributed by atoms with van der Waals surface area (Å²) in [6, 6.07) is 9.16. The van der Waals surface area contributed by atoms with Crippen molar-refractivity contribution in [3.05, 3.63) is 66.4 Å². The first-order valence-corrected chi connectivity index (χ1v) is 10.2. The van der Waals surface area contributed by atoms with Crippen LogP contribution in [0, 0.1) is 5.82 Å². The molecule has 2 atom stereocenters. The van der Waals surface area contributed by atoms with Crippen LogP contribution in [0.4, 0.5) is 15.9 Å². The number of carbonyl (C=O) groups excluding carboxylic acids is 2. The van der Waals surface area contributed by atoms with Crippen LogP contribution in [0.1, 0.15) is 12.5 Å². The molecule has 1 aromatic carbocycles. The van der Waals surface area contributed by atoms with E-state index in [4.69, 9.17) is 10.5 Å². The molecule has 3 heterocycles. The smallest absolute Gasteiger partial charge is 0.260 e. The van der Waals surface area contributed by atoms with Gasteiger partial charge in [0.25, 0.3) is 11.8 Å². The number of anilines is 2. The number of morpholine rings is 1. The van der Waals surface area contributed by atoms with Crippen molar-refractivity contribution in [1.29, 1.82) is 0 Å². The number of halogens is 1. The molecule has 4 N–H and O–H groups in total. The quantitative estimate of drug-likeness (QED) is 0.505. The first-order chi connectivity index (χ1) is 15.8. The molecule has 0 bridgehead atoms. The van der Waals surface area contributed by atoms with Crippen LogP contribution in [0.25, 0.3) is 5.69 Å². The number of hydrogen-bond donors (Lipinski definition) is 3. The van der Waals surface area contributed by atoms with Crippen LogP contribution in [0.2, 0.25) is 0 Å². The number of rotatable bonds is 6. The summed E-state index contributed by atoms with van der Waals surface area (Å²) in [5.41, 5.74) is 4.37. The highest BCUT2D eigenvalue weighted by Crippen LogP contribution is 2.26. The number of nitrogens with one attached hydrogen (secondary N) is 1. The Bertz CT molecular complexity index is 1170. The van der Waals surface area contributed by atoms with Crippen molar-refractivity contribution in [2.45, 2.75) is 25.2 Å². The minimum atomic E-state index is -2.23. The lowest BCUT2D eigenvalue weighted by atomic mass is 9.95. The molecule has 172 valence electrons. The number of aliphatic hydroxyl groups is 1. The van der Waals surface area contributed by atoms with E-state index < -0.39 is 29.3 Å². The number of aromatic nitrogens is 3. The molecule has 3 aromatic rings. The fourth-order valence-corrected chi connectivity index (χ4v) is 3.48. The van der Waals surface area contributed by atoms with Gasteiger partial charge in [-0.05, 0) is 31.2 Å². The first kappa shape index (κ1) is 22.5. The van der Waals surface area contributed by atoms with Crippen molar-refractivity contribution in [3.63, 3.8) is 0 Å². The van der Waals surface area contributed by atoms with Crippen LogP contribution in [0.15, 0.2) is 55.0 Å². The van der Waals surface area contributed by atoms with Crippen LogP contribution < -0.4 is 16.0 Å². The Labute approximate surface area is 188 Å². The van der Waals surface area contributed by atoms with Crippen LogP contribution in [0.3, 0.4) is 0 Å². The summed E-state index contributed by atoms with van der Waals surface area (Å²) in [6.45, 7) is 1.47. The lowest BCUT2D eigenvalue weighted by Crippen LogP contribution is -2.61. The minimum absolute atomic E-state index is 0.00888. The normalized spacial score (nSPS) is 18.1. The van der Waals surface area contributed by atoms with Crippen LogP contribution in [-0.2, 0) is 20.9 Å². The number of nitrogens with zero attached hydrogens (tertiary/aromatic N) is 4. The Morgan fingerprint density at radius 1 is 1.33 bits per heavy atom. The zero-order chi connectivity index (χ0) is 23.6. The summed E-state index contributed by atoms with van der Waals surface area (Å²) in [6.07, 6.45) is 3.45. The van der Waals surface area contributed by atoms with Crippen LogP contribution >= 0.6 is 0 Å². The Balaban J connectivity index is 1.51. The fourth-order valence-electron chi connectivity index (χ4n) is 3.48. The summed E-state index contributed by atoms with van der Waals surface area (Å²) >= 11 is 0. The van der Waals surface area contributed by atoms with Crippen molar-refractivity contribution in [2.75, 3.05) is 23.4 Å². The minimum Gasteiger partial charge on any atom is -0.377 e. The van der Waals surface area contributed by atoms with Gasteiger partial charge in [0.2, 0.25) is 0 Å². The van der Waals surface area contributed by atoms with E-state index in [1.807, 2.05) is 0 Å². The van der Waals surface area contributed by atoms with Gasteiger partial charge in [-0.3, -0.25) is 19.5 Å². The van der Waals surface area contributed by atoms with Gasteiger partial charge >= 0.3 is 0 Å². The van der Waals surface area contributed by atoms with Crippen LogP contribution in [-0.4, -0.2) is 56.5 Å². The molecular weight excluding hydrogens is 431 g/mol. The van der Waals surface area contributed by atoms with Gasteiger partial charge in [0.15, 0.2) is 17.5 Å². The maximum Gasteiger partial charge on any atom is 0.260 e. The summed E-state index contributed by atoms with van der Waals surface area (Å²) in [4.78, 5) is 31.2. The van der Waals surface area contributed by atoms with Gasteiger partial charge in [-0.15, -0.1) is 5.10 Å². The zero-order valence-electron chi connectivity index (χ0n) is 17.8. The molecular formula is C22H23FN6O4. The number of amides is 2. The molecule has 10 nitrogen and oxygen atoms in total. The third-order valence-electron chi connectivity index (χ3n) is 5.37. The Morgan fingerprint density at radius 3 is 2.79 bits per heavy atom. The molecule has 0 radical (unpaired) electrons. The summed E-state index contributed by atoms with van der Waals surface area (Å²) < 4.78 is 21.1. The average Bonchev–Trinajstić information content (AvgIpc) is 3.30. The first-order valence-electron chi connectivity index (χ1n) is 10.2. The molecule has 1 aliphatic heterocycles. The summed E-state index contributed by atoms with van der Waals surface area (Å²) in [5, 5.41) is 17.8. The van der Waals surface area contributed by atoms with Gasteiger partial charge in [0.1, 0.15) is 5.82 Å². The second-order valence-electron chi connectivity index (χ2n) is 7.68. The molecule has 4 rings (SSSR count). The molecule has 11 heteroatoms. The van der Waals surface area contributed by atoms with Gasteiger partial charge in [0.05, 0.1) is 18.8 Å². The van der Waals surface area contributed by atoms with E-state index in [1.54, 1.807) is 41.5 Å². The van der Waals surface area contributed by atoms with Gasteiger partial charge in [-0.2, -0.15) is 0 Å². The van der Waals surface area contributed by atoms with E-state index in [2.05, 4.69) is 15.4 Å². The summed E-state index contributed by atoms with van der Waals surface area (Å²) in [7, 11) is 0. The number of nitrogens with two attached hydrogens (primary N) is 1. The van der Waals surface area contributed by atoms with E-state index in [9.17, 15) is 19.1 Å². The van der Waals surface area contributed by atoms with Gasteiger partial charge in [0, 0.05) is 42.5 Å². The lowest BCUT2D eigenvalue weighted by molar-refractivity contribution is -0.165. The van der Waals surface area contributed by atoms with Gasteiger partial charge < -0.3 is 20.9 Å². The number of pyridine rings is 1. The van der Waals surface area contributed by atoms with Gasteiger partial charge in [-0.25, -0.2) is 9.07 Å². The molecule has 0 spiro atoms. The third-order valence-corrected chi connectivity index (χ3v) is 5.37. The molecule has 33 heavy (non-hydrogen) atoms. The monoisotopic (exact) mass is 454 g/mol. The second-order valence-corrected chi connectivity index (χ2v) is 7.68.